The highest BCUT2D eigenvalue weighted by atomic mass is 19.4. The second kappa shape index (κ2) is 6.27. The highest BCUT2D eigenvalue weighted by Gasteiger charge is 2.35. The average Bonchev–Trinajstić information content (AvgIpc) is 2.35. The van der Waals surface area contributed by atoms with E-state index >= 15 is 0 Å². The monoisotopic (exact) mass is 330 g/mol. The molecule has 23 heavy (non-hydrogen) atoms. The number of aliphatic hydroxyl groups is 1. The van der Waals surface area contributed by atoms with Gasteiger partial charge in [0.15, 0.2) is 5.76 Å². The Kier molecular flexibility index (Phi) is 4.57. The van der Waals surface area contributed by atoms with Gasteiger partial charge in [0.1, 0.15) is 0 Å². The molecular weight excluding hydrogens is 317 g/mol. The summed E-state index contributed by atoms with van der Waals surface area (Å²) in [5.74, 6) is -2.18. The van der Waals surface area contributed by atoms with Crippen LogP contribution in [-0.4, -0.2) is 15.9 Å². The zero-order chi connectivity index (χ0) is 17.2. The van der Waals surface area contributed by atoms with Crippen molar-refractivity contribution >= 4 is 11.6 Å². The van der Waals surface area contributed by atoms with Crippen LogP contribution in [-0.2, 0) is 11.0 Å². The van der Waals surface area contributed by atoms with E-state index in [1.54, 1.807) is 0 Å². The molecule has 1 fully saturated rings. The predicted octanol–water partition coefficient (Wildman–Crippen LogP) is 3.49. The number of benzene rings is 1. The first-order valence-electron chi connectivity index (χ1n) is 6.76. The Morgan fingerprint density at radius 1 is 1.26 bits per heavy atom. The molecule has 9 heteroatoms. The van der Waals surface area contributed by atoms with Crippen molar-refractivity contribution in [2.24, 2.45) is 5.92 Å². The molecule has 0 heterocycles. The van der Waals surface area contributed by atoms with Crippen molar-refractivity contribution in [3.63, 3.8) is 0 Å². The summed E-state index contributed by atoms with van der Waals surface area (Å²) in [6, 6.07) is 3.46. The lowest BCUT2D eigenvalue weighted by atomic mass is 9.83. The maximum absolute atomic E-state index is 12.4. The van der Waals surface area contributed by atoms with Gasteiger partial charge in [0.2, 0.25) is 0 Å². The first kappa shape index (κ1) is 16.8. The first-order valence-corrected chi connectivity index (χ1v) is 6.76. The van der Waals surface area contributed by atoms with Gasteiger partial charge in [-0.05, 0) is 37.1 Å². The van der Waals surface area contributed by atoms with Crippen LogP contribution in [0, 0.1) is 16.0 Å². The molecule has 1 aromatic carbocycles. The van der Waals surface area contributed by atoms with Crippen molar-refractivity contribution < 1.29 is 28.0 Å². The minimum Gasteiger partial charge on any atom is -0.505 e. The molecule has 124 valence electrons. The fraction of sp³-hybridized carbons (Fsp3) is 0.357. The molecular formula is C14H13F3N2O4. The van der Waals surface area contributed by atoms with Crippen molar-refractivity contribution in [1.29, 1.82) is 0 Å². The quantitative estimate of drug-likeness (QED) is 0.382. The fourth-order valence-electron chi connectivity index (χ4n) is 2.10. The van der Waals surface area contributed by atoms with Crippen LogP contribution < -0.4 is 5.32 Å². The third kappa shape index (κ3) is 3.79. The lowest BCUT2D eigenvalue weighted by molar-refractivity contribution is -0.422. The third-order valence-electron chi connectivity index (χ3n) is 3.60. The maximum atomic E-state index is 12.4. The summed E-state index contributed by atoms with van der Waals surface area (Å²) in [6.45, 7) is 0. The molecule has 0 atom stereocenters. The summed E-state index contributed by atoms with van der Waals surface area (Å²) < 4.78 is 37.3. The van der Waals surface area contributed by atoms with E-state index in [1.807, 2.05) is 0 Å². The zero-order valence-corrected chi connectivity index (χ0v) is 11.8. The second-order valence-corrected chi connectivity index (χ2v) is 5.15. The number of amides is 1. The van der Waals surface area contributed by atoms with Crippen LogP contribution in [0.5, 0.6) is 0 Å². The number of alkyl halides is 3. The number of rotatable bonds is 4. The normalized spacial score (nSPS) is 16.3. The maximum Gasteiger partial charge on any atom is 0.416 e. The van der Waals surface area contributed by atoms with E-state index in [0.29, 0.717) is 12.8 Å². The summed E-state index contributed by atoms with van der Waals surface area (Å²) in [6.07, 6.45) is -2.61. The van der Waals surface area contributed by atoms with Gasteiger partial charge in [-0.1, -0.05) is 6.42 Å². The topological polar surface area (TPSA) is 92.5 Å². The Bertz CT molecular complexity index is 649. The molecule has 2 rings (SSSR count). The Balaban J connectivity index is 2.17. The van der Waals surface area contributed by atoms with Gasteiger partial charge in [-0.15, -0.1) is 0 Å². The molecule has 2 N–H and O–H groups in total. The summed E-state index contributed by atoms with van der Waals surface area (Å²) in [5, 5.41) is 22.9. The number of nitrogens with one attached hydrogen (secondary N) is 1. The van der Waals surface area contributed by atoms with E-state index in [1.165, 1.54) is 0 Å². The Morgan fingerprint density at radius 3 is 2.22 bits per heavy atom. The van der Waals surface area contributed by atoms with E-state index in [9.17, 15) is 33.2 Å². The summed E-state index contributed by atoms with van der Waals surface area (Å²) >= 11 is 0. The molecule has 0 spiro atoms. The molecule has 0 saturated heterocycles. The lowest BCUT2D eigenvalue weighted by Crippen LogP contribution is -2.26. The van der Waals surface area contributed by atoms with Crippen LogP contribution in [0.15, 0.2) is 35.7 Å². The van der Waals surface area contributed by atoms with Crippen LogP contribution >= 0.6 is 0 Å². The molecule has 1 aromatic rings. The number of aliphatic hydroxyl groups excluding tert-OH is 1. The SMILES string of the molecule is O=C(Nc1ccc(C(F)(F)F)cc1)/C(=C(\O)C1CCC1)[N+](=O)[O-]. The number of carbonyl (C=O) groups is 1. The standard InChI is InChI=1S/C14H13F3N2O4/c15-14(16,17)9-4-6-10(7-5-9)18-13(21)11(19(22)23)12(20)8-2-1-3-8/h4-8,20H,1-3H2,(H,18,21)/b12-11+. The van der Waals surface area contributed by atoms with Crippen LogP contribution in [0.1, 0.15) is 24.8 Å². The molecule has 1 amide bonds. The number of nitrogens with zero attached hydrogens (tertiary/aromatic N) is 1. The third-order valence-corrected chi connectivity index (χ3v) is 3.60. The average molecular weight is 330 g/mol. The fourth-order valence-corrected chi connectivity index (χ4v) is 2.10. The van der Waals surface area contributed by atoms with Gasteiger partial charge in [0.25, 0.3) is 0 Å². The van der Waals surface area contributed by atoms with E-state index < -0.39 is 39.9 Å². The number of nitro groups is 1. The van der Waals surface area contributed by atoms with Gasteiger partial charge < -0.3 is 10.4 Å². The van der Waals surface area contributed by atoms with Gasteiger partial charge in [-0.2, -0.15) is 13.2 Å². The highest BCUT2D eigenvalue weighted by molar-refractivity contribution is 6.02. The van der Waals surface area contributed by atoms with Crippen LogP contribution in [0.2, 0.25) is 0 Å². The first-order chi connectivity index (χ1) is 10.7. The van der Waals surface area contributed by atoms with Crippen molar-refractivity contribution in [1.82, 2.24) is 0 Å². The minimum absolute atomic E-state index is 0.0382. The van der Waals surface area contributed by atoms with E-state index in [0.717, 1.165) is 30.7 Å². The van der Waals surface area contributed by atoms with Gasteiger partial charge >= 0.3 is 17.8 Å². The van der Waals surface area contributed by atoms with Crippen molar-refractivity contribution in [3.8, 4) is 0 Å². The number of carbonyl (C=O) groups excluding carboxylic acids is 1. The van der Waals surface area contributed by atoms with Crippen LogP contribution in [0.25, 0.3) is 0 Å². The van der Waals surface area contributed by atoms with Crippen LogP contribution in [0.4, 0.5) is 18.9 Å². The predicted molar refractivity (Wildman–Crippen MR) is 74.1 cm³/mol. The van der Waals surface area contributed by atoms with Gasteiger partial charge in [-0.3, -0.25) is 14.9 Å². The summed E-state index contributed by atoms with van der Waals surface area (Å²) in [5.41, 5.74) is -1.92. The number of halogens is 3. The summed E-state index contributed by atoms with van der Waals surface area (Å²) in [4.78, 5) is 21.9. The molecule has 0 aromatic heterocycles. The lowest BCUT2D eigenvalue weighted by Gasteiger charge is -2.23. The van der Waals surface area contributed by atoms with Gasteiger partial charge in [0.05, 0.1) is 10.5 Å². The minimum atomic E-state index is -4.52. The number of hydrogen-bond donors (Lipinski definition) is 2. The molecule has 0 aliphatic heterocycles. The molecule has 1 aliphatic rings. The van der Waals surface area contributed by atoms with E-state index in [2.05, 4.69) is 5.32 Å². The van der Waals surface area contributed by atoms with Crippen molar-refractivity contribution in [2.75, 3.05) is 5.32 Å². The highest BCUT2D eigenvalue weighted by Crippen LogP contribution is 2.34. The molecule has 0 radical (unpaired) electrons. The van der Waals surface area contributed by atoms with Crippen molar-refractivity contribution in [2.45, 2.75) is 25.4 Å². The Hall–Kier alpha value is -2.58. The van der Waals surface area contributed by atoms with Crippen molar-refractivity contribution in [3.05, 3.63) is 51.4 Å². The van der Waals surface area contributed by atoms with Crippen LogP contribution in [0.3, 0.4) is 0 Å². The zero-order valence-electron chi connectivity index (χ0n) is 11.8. The molecule has 6 nitrogen and oxygen atoms in total. The molecule has 1 saturated carbocycles. The largest absolute Gasteiger partial charge is 0.505 e. The number of anilines is 1. The number of allylic oxidation sites excluding steroid dienone is 1. The molecule has 0 bridgehead atoms. The Labute approximate surface area is 128 Å². The molecule has 1 aliphatic carbocycles. The van der Waals surface area contributed by atoms with E-state index in [4.69, 9.17) is 0 Å². The smallest absolute Gasteiger partial charge is 0.416 e. The van der Waals surface area contributed by atoms with E-state index in [-0.39, 0.29) is 5.69 Å². The second-order valence-electron chi connectivity index (χ2n) is 5.15. The molecule has 0 unspecified atom stereocenters. The summed E-state index contributed by atoms with van der Waals surface area (Å²) in [7, 11) is 0. The van der Waals surface area contributed by atoms with Gasteiger partial charge in [0, 0.05) is 11.6 Å². The van der Waals surface area contributed by atoms with Gasteiger partial charge in [-0.25, -0.2) is 0 Å². The number of hydrogen-bond acceptors (Lipinski definition) is 4. The Morgan fingerprint density at radius 2 is 1.83 bits per heavy atom.